The molecule has 0 amide bonds. The fraction of sp³-hybridized carbons (Fsp3) is 0.417. The van der Waals surface area contributed by atoms with E-state index in [2.05, 4.69) is 35.6 Å². The minimum absolute atomic E-state index is 0.256. The van der Waals surface area contributed by atoms with Crippen LogP contribution in [0.25, 0.3) is 21.8 Å². The number of benzene rings is 2. The average molecular weight is 374 g/mol. The minimum atomic E-state index is 0.256. The molecule has 0 spiro atoms. The molecular weight excluding hydrogens is 348 g/mol. The summed E-state index contributed by atoms with van der Waals surface area (Å²) < 4.78 is 2.42. The first kappa shape index (κ1) is 17.6. The van der Waals surface area contributed by atoms with Crippen molar-refractivity contribution in [3.63, 3.8) is 0 Å². The normalized spacial score (nSPS) is 16.0. The molecule has 4 nitrogen and oxygen atoms in total. The molecule has 5 rings (SSSR count). The lowest BCUT2D eigenvalue weighted by Crippen LogP contribution is -2.20. The van der Waals surface area contributed by atoms with E-state index in [9.17, 15) is 9.59 Å². The van der Waals surface area contributed by atoms with Gasteiger partial charge >= 0.3 is 0 Å². The summed E-state index contributed by atoms with van der Waals surface area (Å²) in [5.74, 6) is 0.511. The van der Waals surface area contributed by atoms with Gasteiger partial charge in [0.05, 0.1) is 0 Å². The van der Waals surface area contributed by atoms with Gasteiger partial charge in [-0.3, -0.25) is 9.59 Å². The second kappa shape index (κ2) is 6.56. The molecule has 1 aromatic heterocycles. The first-order chi connectivity index (χ1) is 13.6. The standard InChI is InChI=1S/C24H26N2O2/c1-3-25(2)13-4-14-26-19-9-5-15-17(7-11-21(15)27)23(19)24-18-8-12-22(28)16(18)6-10-20(24)26/h5-6,9-10H,3-4,7-8,11-14H2,1-2H3. The molecule has 1 heterocycles. The highest BCUT2D eigenvalue weighted by Crippen LogP contribution is 2.41. The molecule has 4 heteroatoms. The van der Waals surface area contributed by atoms with Crippen LogP contribution in [0, 0.1) is 0 Å². The molecule has 0 radical (unpaired) electrons. The lowest BCUT2D eigenvalue weighted by atomic mass is 9.98. The summed E-state index contributed by atoms with van der Waals surface area (Å²) in [7, 11) is 2.16. The number of hydrogen-bond donors (Lipinski definition) is 0. The zero-order valence-electron chi connectivity index (χ0n) is 16.7. The van der Waals surface area contributed by atoms with Gasteiger partial charge in [0.2, 0.25) is 0 Å². The van der Waals surface area contributed by atoms with Gasteiger partial charge in [-0.1, -0.05) is 6.92 Å². The van der Waals surface area contributed by atoms with Gasteiger partial charge in [-0.15, -0.1) is 0 Å². The van der Waals surface area contributed by atoms with Gasteiger partial charge in [0.25, 0.3) is 0 Å². The van der Waals surface area contributed by atoms with Gasteiger partial charge in [0.1, 0.15) is 0 Å². The van der Waals surface area contributed by atoms with Crippen LogP contribution < -0.4 is 0 Å². The van der Waals surface area contributed by atoms with E-state index < -0.39 is 0 Å². The second-order valence-corrected chi connectivity index (χ2v) is 8.22. The van der Waals surface area contributed by atoms with Crippen molar-refractivity contribution in [1.82, 2.24) is 9.47 Å². The van der Waals surface area contributed by atoms with Crippen LogP contribution in [0.1, 0.15) is 58.0 Å². The van der Waals surface area contributed by atoms with Crippen LogP contribution in [-0.4, -0.2) is 41.2 Å². The Bertz CT molecular complexity index is 1060. The van der Waals surface area contributed by atoms with E-state index in [-0.39, 0.29) is 11.6 Å². The van der Waals surface area contributed by atoms with Crippen LogP contribution in [0.2, 0.25) is 0 Å². The molecule has 0 N–H and O–H groups in total. The van der Waals surface area contributed by atoms with E-state index in [1.54, 1.807) is 0 Å². The molecule has 2 aliphatic rings. The van der Waals surface area contributed by atoms with Crippen molar-refractivity contribution in [1.29, 1.82) is 0 Å². The first-order valence-electron chi connectivity index (χ1n) is 10.4. The lowest BCUT2D eigenvalue weighted by molar-refractivity contribution is 0.0986. The fourth-order valence-corrected chi connectivity index (χ4v) is 5.09. The molecular formula is C24H26N2O2. The molecule has 144 valence electrons. The number of hydrogen-bond acceptors (Lipinski definition) is 3. The Balaban J connectivity index is 1.75. The Morgan fingerprint density at radius 3 is 1.89 bits per heavy atom. The lowest BCUT2D eigenvalue weighted by Gasteiger charge is -2.15. The zero-order valence-corrected chi connectivity index (χ0v) is 16.7. The van der Waals surface area contributed by atoms with Crippen molar-refractivity contribution < 1.29 is 9.59 Å². The highest BCUT2D eigenvalue weighted by Gasteiger charge is 2.29. The van der Waals surface area contributed by atoms with Crippen molar-refractivity contribution in [3.8, 4) is 0 Å². The highest BCUT2D eigenvalue weighted by atomic mass is 16.1. The van der Waals surface area contributed by atoms with Gasteiger partial charge in [0.15, 0.2) is 11.6 Å². The summed E-state index contributed by atoms with van der Waals surface area (Å²) >= 11 is 0. The Kier molecular flexibility index (Phi) is 4.13. The maximum Gasteiger partial charge on any atom is 0.163 e. The number of nitrogens with zero attached hydrogens (tertiary/aromatic N) is 2. The van der Waals surface area contributed by atoms with Crippen LogP contribution >= 0.6 is 0 Å². The van der Waals surface area contributed by atoms with Gasteiger partial charge < -0.3 is 9.47 Å². The average Bonchev–Trinajstić information content (AvgIpc) is 3.36. The summed E-state index contributed by atoms with van der Waals surface area (Å²) in [6.07, 6.45) is 3.93. The maximum atomic E-state index is 12.4. The molecule has 0 fully saturated rings. The summed E-state index contributed by atoms with van der Waals surface area (Å²) in [5, 5.41) is 2.46. The monoisotopic (exact) mass is 374 g/mol. The Labute approximate surface area is 165 Å². The molecule has 28 heavy (non-hydrogen) atoms. The largest absolute Gasteiger partial charge is 0.340 e. The highest BCUT2D eigenvalue weighted by molar-refractivity contribution is 6.18. The molecule has 0 aliphatic heterocycles. The van der Waals surface area contributed by atoms with Gasteiger partial charge in [-0.25, -0.2) is 0 Å². The van der Waals surface area contributed by atoms with Gasteiger partial charge in [-0.2, -0.15) is 0 Å². The SMILES string of the molecule is CCN(C)CCCn1c2ccc3c(c2c2c4c(ccc21)C(=O)CC4)CCC3=O. The first-order valence-corrected chi connectivity index (χ1v) is 10.4. The van der Waals surface area contributed by atoms with Crippen molar-refractivity contribution in [2.75, 3.05) is 20.1 Å². The Morgan fingerprint density at radius 1 is 0.857 bits per heavy atom. The molecule has 0 bridgehead atoms. The molecule has 2 aromatic carbocycles. The third kappa shape index (κ3) is 2.47. The van der Waals surface area contributed by atoms with E-state index in [4.69, 9.17) is 0 Å². The number of aryl methyl sites for hydroxylation is 3. The topological polar surface area (TPSA) is 42.3 Å². The van der Waals surface area contributed by atoms with Crippen LogP contribution in [-0.2, 0) is 19.4 Å². The second-order valence-electron chi connectivity index (χ2n) is 8.22. The number of carbonyl (C=O) groups is 2. The number of ketones is 2. The zero-order chi connectivity index (χ0) is 19.4. The maximum absolute atomic E-state index is 12.4. The fourth-order valence-electron chi connectivity index (χ4n) is 5.09. The van der Waals surface area contributed by atoms with Crippen LogP contribution in [0.5, 0.6) is 0 Å². The number of rotatable bonds is 5. The van der Waals surface area contributed by atoms with Crippen molar-refractivity contribution >= 4 is 33.4 Å². The third-order valence-corrected chi connectivity index (χ3v) is 6.68. The smallest absolute Gasteiger partial charge is 0.163 e. The molecule has 2 aliphatic carbocycles. The number of aromatic nitrogens is 1. The Morgan fingerprint density at radius 2 is 1.39 bits per heavy atom. The Hall–Kier alpha value is -2.46. The minimum Gasteiger partial charge on any atom is -0.340 e. The van der Waals surface area contributed by atoms with E-state index in [1.807, 2.05) is 12.1 Å². The quantitative estimate of drug-likeness (QED) is 0.665. The van der Waals surface area contributed by atoms with Gasteiger partial charge in [-0.05, 0) is 74.8 Å². The van der Waals surface area contributed by atoms with Crippen molar-refractivity contribution in [2.45, 2.75) is 45.6 Å². The van der Waals surface area contributed by atoms with E-state index >= 15 is 0 Å². The third-order valence-electron chi connectivity index (χ3n) is 6.68. The molecule has 3 aromatic rings. The summed E-state index contributed by atoms with van der Waals surface area (Å²) in [4.78, 5) is 27.0. The van der Waals surface area contributed by atoms with Crippen LogP contribution in [0.15, 0.2) is 24.3 Å². The summed E-state index contributed by atoms with van der Waals surface area (Å²) in [6, 6.07) is 8.30. The molecule has 0 unspecified atom stereocenters. The van der Waals surface area contributed by atoms with Gasteiger partial charge in [0, 0.05) is 52.3 Å². The summed E-state index contributed by atoms with van der Waals surface area (Å²) in [6.45, 7) is 5.24. The van der Waals surface area contributed by atoms with Crippen molar-refractivity contribution in [3.05, 3.63) is 46.5 Å². The molecule has 0 saturated heterocycles. The molecule has 0 atom stereocenters. The van der Waals surface area contributed by atoms with Crippen LogP contribution in [0.4, 0.5) is 0 Å². The van der Waals surface area contributed by atoms with E-state index in [0.717, 1.165) is 50.0 Å². The molecule has 0 saturated carbocycles. The van der Waals surface area contributed by atoms with Crippen molar-refractivity contribution in [2.24, 2.45) is 0 Å². The predicted molar refractivity (Wildman–Crippen MR) is 113 cm³/mol. The van der Waals surface area contributed by atoms with Crippen LogP contribution in [0.3, 0.4) is 0 Å². The van der Waals surface area contributed by atoms with E-state index in [0.29, 0.717) is 12.8 Å². The number of carbonyl (C=O) groups excluding carboxylic acids is 2. The number of Topliss-reactive ketones (excluding diaryl/α,β-unsaturated/α-hetero) is 2. The predicted octanol–water partition coefficient (Wildman–Crippen LogP) is 4.39. The van der Waals surface area contributed by atoms with E-state index in [1.165, 1.54) is 32.9 Å². The number of fused-ring (bicyclic) bond motifs is 7. The summed E-state index contributed by atoms with van der Waals surface area (Å²) in [5.41, 5.74) is 6.61.